The number of hydrogen-bond donors (Lipinski definition) is 1. The molecule has 0 saturated carbocycles. The fraction of sp³-hybridized carbons (Fsp3) is 0.400. The summed E-state index contributed by atoms with van der Waals surface area (Å²) in [5.41, 5.74) is 2.75. The lowest BCUT2D eigenvalue weighted by Gasteiger charge is -2.35. The Kier molecular flexibility index (Phi) is 5.25. The third-order valence-corrected chi connectivity index (χ3v) is 4.76. The molecule has 22 heavy (non-hydrogen) atoms. The first-order chi connectivity index (χ1) is 10.8. The average molecular weight is 295 g/mol. The van der Waals surface area contributed by atoms with Crippen molar-refractivity contribution in [2.45, 2.75) is 37.8 Å². The van der Waals surface area contributed by atoms with Crippen molar-refractivity contribution in [3.8, 4) is 0 Å². The number of aliphatic hydroxyl groups excluding tert-OH is 1. The summed E-state index contributed by atoms with van der Waals surface area (Å²) in [5.74, 6) is 0.652. The Morgan fingerprint density at radius 2 is 1.50 bits per heavy atom. The van der Waals surface area contributed by atoms with Gasteiger partial charge in [-0.05, 0) is 42.7 Å². The largest absolute Gasteiger partial charge is 0.378 e. The number of aliphatic hydroxyl groups is 1. The molecule has 0 amide bonds. The summed E-state index contributed by atoms with van der Waals surface area (Å²) >= 11 is 0. The summed E-state index contributed by atoms with van der Waals surface area (Å²) in [6.07, 6.45) is 3.75. The molecule has 1 heterocycles. The Balaban J connectivity index is 1.46. The maximum atomic E-state index is 10.4. The van der Waals surface area contributed by atoms with Gasteiger partial charge in [-0.3, -0.25) is 4.90 Å². The smallest absolute Gasteiger partial charge is 0.107 e. The fourth-order valence-corrected chi connectivity index (χ4v) is 3.38. The van der Waals surface area contributed by atoms with Crippen LogP contribution in [0.3, 0.4) is 0 Å². The standard InChI is InChI=1S/C20H25NO/c22-20(12-11-17-7-3-1-4-8-17)21-15-13-19(14-16-21)18-9-5-2-6-10-18/h1-10,19-20,22H,11-16H2/t20-/m1/s1. The van der Waals surface area contributed by atoms with Crippen LogP contribution in [0.5, 0.6) is 0 Å². The van der Waals surface area contributed by atoms with E-state index in [-0.39, 0.29) is 6.23 Å². The van der Waals surface area contributed by atoms with Crippen LogP contribution in [0.2, 0.25) is 0 Å². The Bertz CT molecular complexity index is 546. The van der Waals surface area contributed by atoms with E-state index in [1.807, 2.05) is 6.07 Å². The number of rotatable bonds is 5. The minimum atomic E-state index is -0.308. The summed E-state index contributed by atoms with van der Waals surface area (Å²) in [5, 5.41) is 10.4. The van der Waals surface area contributed by atoms with Crippen molar-refractivity contribution in [2.75, 3.05) is 13.1 Å². The lowest BCUT2D eigenvalue weighted by molar-refractivity contribution is -0.0161. The van der Waals surface area contributed by atoms with Gasteiger partial charge in [0.1, 0.15) is 6.23 Å². The van der Waals surface area contributed by atoms with Crippen molar-refractivity contribution in [2.24, 2.45) is 0 Å². The maximum absolute atomic E-state index is 10.4. The van der Waals surface area contributed by atoms with E-state index in [2.05, 4.69) is 59.5 Å². The first-order valence-corrected chi connectivity index (χ1v) is 8.34. The van der Waals surface area contributed by atoms with E-state index in [0.717, 1.165) is 38.8 Å². The summed E-state index contributed by atoms with van der Waals surface area (Å²) in [4.78, 5) is 2.24. The molecule has 116 valence electrons. The van der Waals surface area contributed by atoms with Crippen LogP contribution in [0.25, 0.3) is 0 Å². The highest BCUT2D eigenvalue weighted by molar-refractivity contribution is 5.20. The topological polar surface area (TPSA) is 23.5 Å². The predicted molar refractivity (Wildman–Crippen MR) is 90.8 cm³/mol. The lowest BCUT2D eigenvalue weighted by Crippen LogP contribution is -2.41. The van der Waals surface area contributed by atoms with E-state index in [9.17, 15) is 5.11 Å². The molecule has 1 atom stereocenters. The average Bonchev–Trinajstić information content (AvgIpc) is 2.61. The van der Waals surface area contributed by atoms with Crippen LogP contribution in [-0.2, 0) is 6.42 Å². The third-order valence-electron chi connectivity index (χ3n) is 4.76. The summed E-state index contributed by atoms with van der Waals surface area (Å²) < 4.78 is 0. The van der Waals surface area contributed by atoms with Crippen LogP contribution in [-0.4, -0.2) is 29.3 Å². The Morgan fingerprint density at radius 3 is 2.14 bits per heavy atom. The minimum absolute atomic E-state index is 0.308. The van der Waals surface area contributed by atoms with E-state index >= 15 is 0 Å². The second-order valence-corrected chi connectivity index (χ2v) is 6.23. The Morgan fingerprint density at radius 1 is 0.909 bits per heavy atom. The number of benzene rings is 2. The van der Waals surface area contributed by atoms with Gasteiger partial charge in [-0.2, -0.15) is 0 Å². The first-order valence-electron chi connectivity index (χ1n) is 8.34. The number of likely N-dealkylation sites (tertiary alicyclic amines) is 1. The van der Waals surface area contributed by atoms with Crippen LogP contribution in [0.1, 0.15) is 36.3 Å². The van der Waals surface area contributed by atoms with E-state index in [4.69, 9.17) is 0 Å². The van der Waals surface area contributed by atoms with Crippen LogP contribution >= 0.6 is 0 Å². The monoisotopic (exact) mass is 295 g/mol. The zero-order valence-electron chi connectivity index (χ0n) is 13.1. The molecule has 0 spiro atoms. The number of hydrogen-bond acceptors (Lipinski definition) is 2. The SMILES string of the molecule is O[C@H](CCc1ccccc1)N1CCC(c2ccccc2)CC1. The molecule has 1 N–H and O–H groups in total. The van der Waals surface area contributed by atoms with Gasteiger partial charge in [0.25, 0.3) is 0 Å². The predicted octanol–water partition coefficient (Wildman–Crippen LogP) is 3.82. The van der Waals surface area contributed by atoms with E-state index in [1.165, 1.54) is 11.1 Å². The van der Waals surface area contributed by atoms with Gasteiger partial charge in [-0.15, -0.1) is 0 Å². The molecule has 0 aromatic heterocycles. The van der Waals surface area contributed by atoms with Crippen molar-refractivity contribution >= 4 is 0 Å². The minimum Gasteiger partial charge on any atom is -0.378 e. The second-order valence-electron chi connectivity index (χ2n) is 6.23. The molecule has 1 aliphatic rings. The maximum Gasteiger partial charge on any atom is 0.107 e. The van der Waals surface area contributed by atoms with Crippen molar-refractivity contribution in [3.05, 3.63) is 71.8 Å². The van der Waals surface area contributed by atoms with Gasteiger partial charge in [-0.1, -0.05) is 60.7 Å². The molecule has 1 fully saturated rings. The number of piperidine rings is 1. The van der Waals surface area contributed by atoms with Gasteiger partial charge in [0.05, 0.1) is 0 Å². The van der Waals surface area contributed by atoms with E-state index in [0.29, 0.717) is 5.92 Å². The first kappa shape index (κ1) is 15.3. The Labute approximate surface area is 133 Å². The van der Waals surface area contributed by atoms with E-state index in [1.54, 1.807) is 0 Å². The number of nitrogens with zero attached hydrogens (tertiary/aromatic N) is 1. The number of aryl methyl sites for hydroxylation is 1. The van der Waals surface area contributed by atoms with Crippen LogP contribution in [0.4, 0.5) is 0 Å². The molecular weight excluding hydrogens is 270 g/mol. The summed E-state index contributed by atoms with van der Waals surface area (Å²) in [7, 11) is 0. The van der Waals surface area contributed by atoms with E-state index < -0.39 is 0 Å². The molecule has 2 heteroatoms. The summed E-state index contributed by atoms with van der Waals surface area (Å²) in [6, 6.07) is 21.2. The summed E-state index contributed by atoms with van der Waals surface area (Å²) in [6.45, 7) is 1.99. The molecule has 3 rings (SSSR count). The fourth-order valence-electron chi connectivity index (χ4n) is 3.38. The van der Waals surface area contributed by atoms with Gasteiger partial charge in [0, 0.05) is 13.1 Å². The van der Waals surface area contributed by atoms with Crippen molar-refractivity contribution < 1.29 is 5.11 Å². The molecule has 0 aliphatic carbocycles. The van der Waals surface area contributed by atoms with Gasteiger partial charge < -0.3 is 5.11 Å². The van der Waals surface area contributed by atoms with Crippen LogP contribution in [0, 0.1) is 0 Å². The zero-order chi connectivity index (χ0) is 15.2. The molecule has 0 bridgehead atoms. The molecule has 1 saturated heterocycles. The molecule has 0 radical (unpaired) electrons. The van der Waals surface area contributed by atoms with Gasteiger partial charge in [-0.25, -0.2) is 0 Å². The van der Waals surface area contributed by atoms with Gasteiger partial charge in [0.15, 0.2) is 0 Å². The highest BCUT2D eigenvalue weighted by atomic mass is 16.3. The Hall–Kier alpha value is -1.64. The highest BCUT2D eigenvalue weighted by Crippen LogP contribution is 2.28. The molecular formula is C20H25NO. The van der Waals surface area contributed by atoms with Crippen molar-refractivity contribution in [1.29, 1.82) is 0 Å². The highest BCUT2D eigenvalue weighted by Gasteiger charge is 2.24. The molecule has 2 aromatic rings. The molecule has 2 nitrogen and oxygen atoms in total. The molecule has 0 unspecified atom stereocenters. The molecule has 2 aromatic carbocycles. The van der Waals surface area contributed by atoms with Crippen LogP contribution < -0.4 is 0 Å². The zero-order valence-corrected chi connectivity index (χ0v) is 13.1. The normalized spacial score (nSPS) is 18.2. The van der Waals surface area contributed by atoms with Crippen LogP contribution in [0.15, 0.2) is 60.7 Å². The lowest BCUT2D eigenvalue weighted by atomic mass is 9.89. The second kappa shape index (κ2) is 7.57. The van der Waals surface area contributed by atoms with Gasteiger partial charge >= 0.3 is 0 Å². The quantitative estimate of drug-likeness (QED) is 0.906. The molecule has 1 aliphatic heterocycles. The third kappa shape index (κ3) is 3.96. The van der Waals surface area contributed by atoms with Crippen molar-refractivity contribution in [3.63, 3.8) is 0 Å². The van der Waals surface area contributed by atoms with Crippen molar-refractivity contribution in [1.82, 2.24) is 4.90 Å². The van der Waals surface area contributed by atoms with Gasteiger partial charge in [0.2, 0.25) is 0 Å².